The van der Waals surface area contributed by atoms with Crippen LogP contribution in [-0.4, -0.2) is 18.0 Å². The van der Waals surface area contributed by atoms with Crippen LogP contribution in [0.1, 0.15) is 40.9 Å². The highest BCUT2D eigenvalue weighted by molar-refractivity contribution is 7.21. The number of fused-ring (bicyclic) bond motifs is 1. The molecule has 0 spiro atoms. The summed E-state index contributed by atoms with van der Waals surface area (Å²) in [6.07, 6.45) is 4.09. The number of hydrogen-bond acceptors (Lipinski definition) is 3. The van der Waals surface area contributed by atoms with Crippen LogP contribution in [0.5, 0.6) is 0 Å². The topological polar surface area (TPSA) is 55.1 Å². The molecule has 1 aromatic carbocycles. The van der Waals surface area contributed by atoms with Crippen molar-refractivity contribution in [3.63, 3.8) is 0 Å². The molecule has 0 saturated heterocycles. The van der Waals surface area contributed by atoms with Gasteiger partial charge in [-0.15, -0.1) is 11.3 Å². The van der Waals surface area contributed by atoms with Crippen LogP contribution in [0.15, 0.2) is 18.2 Å². The highest BCUT2D eigenvalue weighted by Crippen LogP contribution is 2.33. The Labute approximate surface area is 127 Å². The van der Waals surface area contributed by atoms with Gasteiger partial charge in [-0.3, -0.25) is 4.79 Å². The molecule has 5 heteroatoms. The maximum atomic E-state index is 13.4. The summed E-state index contributed by atoms with van der Waals surface area (Å²) in [6.45, 7) is 2.34. The second-order valence-electron chi connectivity index (χ2n) is 5.84. The third-order valence-electron chi connectivity index (χ3n) is 4.43. The Balaban J connectivity index is 1.93. The first kappa shape index (κ1) is 14.5. The Hall–Kier alpha value is -1.46. The molecule has 1 aromatic heterocycles. The van der Waals surface area contributed by atoms with E-state index < -0.39 is 0 Å². The Kier molecular flexibility index (Phi) is 3.71. The standard InChI is InChI=1S/C16H19FN2OS/c1-10-12-8-11(17)4-5-13(12)21-14(10)15(20)19-16(9-18)6-2-3-7-16/h4-5,8H,2-3,6-7,9,18H2,1H3,(H,19,20). The average molecular weight is 306 g/mol. The molecule has 0 atom stereocenters. The van der Waals surface area contributed by atoms with Crippen molar-refractivity contribution in [3.8, 4) is 0 Å². The fourth-order valence-corrected chi connectivity index (χ4v) is 4.22. The van der Waals surface area contributed by atoms with Crippen molar-refractivity contribution in [1.82, 2.24) is 5.32 Å². The minimum Gasteiger partial charge on any atom is -0.345 e. The van der Waals surface area contributed by atoms with Crippen molar-refractivity contribution in [2.75, 3.05) is 6.54 Å². The third kappa shape index (κ3) is 2.56. The van der Waals surface area contributed by atoms with E-state index in [4.69, 9.17) is 5.73 Å². The summed E-state index contributed by atoms with van der Waals surface area (Å²) < 4.78 is 14.3. The molecule has 3 N–H and O–H groups in total. The smallest absolute Gasteiger partial charge is 0.262 e. The minimum atomic E-state index is -0.274. The zero-order valence-electron chi connectivity index (χ0n) is 12.0. The summed E-state index contributed by atoms with van der Waals surface area (Å²) in [5.74, 6) is -0.356. The summed E-state index contributed by atoms with van der Waals surface area (Å²) in [4.78, 5) is 13.3. The lowest BCUT2D eigenvalue weighted by atomic mass is 9.97. The molecule has 1 fully saturated rings. The van der Waals surface area contributed by atoms with Gasteiger partial charge in [0.15, 0.2) is 0 Å². The summed E-state index contributed by atoms with van der Waals surface area (Å²) in [7, 11) is 0. The van der Waals surface area contributed by atoms with Gasteiger partial charge in [-0.05, 0) is 48.9 Å². The van der Waals surface area contributed by atoms with Gasteiger partial charge in [0.05, 0.1) is 10.4 Å². The van der Waals surface area contributed by atoms with E-state index in [-0.39, 0.29) is 17.3 Å². The molecule has 1 aliphatic carbocycles. The number of amides is 1. The molecule has 2 aromatic rings. The monoisotopic (exact) mass is 306 g/mol. The predicted molar refractivity (Wildman–Crippen MR) is 84.2 cm³/mol. The Morgan fingerprint density at radius 2 is 2.14 bits per heavy atom. The summed E-state index contributed by atoms with van der Waals surface area (Å²) in [5, 5.41) is 3.95. The maximum Gasteiger partial charge on any atom is 0.262 e. The Morgan fingerprint density at radius 3 is 2.81 bits per heavy atom. The first-order chi connectivity index (χ1) is 10.0. The number of benzene rings is 1. The van der Waals surface area contributed by atoms with E-state index in [1.807, 2.05) is 6.92 Å². The molecule has 0 unspecified atom stereocenters. The number of hydrogen-bond donors (Lipinski definition) is 2. The number of aryl methyl sites for hydroxylation is 1. The quantitative estimate of drug-likeness (QED) is 0.913. The number of halogens is 1. The Morgan fingerprint density at radius 1 is 1.43 bits per heavy atom. The van der Waals surface area contributed by atoms with Crippen LogP contribution in [0.25, 0.3) is 10.1 Å². The first-order valence-electron chi connectivity index (χ1n) is 7.26. The van der Waals surface area contributed by atoms with E-state index in [1.165, 1.54) is 23.5 Å². The molecule has 3 nitrogen and oxygen atoms in total. The van der Waals surface area contributed by atoms with Gasteiger partial charge < -0.3 is 11.1 Å². The van der Waals surface area contributed by atoms with Crippen molar-refractivity contribution in [3.05, 3.63) is 34.5 Å². The highest BCUT2D eigenvalue weighted by Gasteiger charge is 2.34. The van der Waals surface area contributed by atoms with Gasteiger partial charge >= 0.3 is 0 Å². The molecule has 0 bridgehead atoms. The fraction of sp³-hybridized carbons (Fsp3) is 0.438. The number of nitrogens with one attached hydrogen (secondary N) is 1. The van der Waals surface area contributed by atoms with Crippen molar-refractivity contribution in [2.45, 2.75) is 38.1 Å². The molecule has 0 aliphatic heterocycles. The molecule has 1 heterocycles. The number of nitrogens with two attached hydrogens (primary N) is 1. The van der Waals surface area contributed by atoms with Gasteiger partial charge in [-0.2, -0.15) is 0 Å². The van der Waals surface area contributed by atoms with E-state index in [9.17, 15) is 9.18 Å². The van der Waals surface area contributed by atoms with Gasteiger partial charge in [0.2, 0.25) is 0 Å². The molecule has 0 radical (unpaired) electrons. The van der Waals surface area contributed by atoms with Crippen LogP contribution in [-0.2, 0) is 0 Å². The lowest BCUT2D eigenvalue weighted by Gasteiger charge is -2.28. The van der Waals surface area contributed by atoms with Gasteiger partial charge in [-0.1, -0.05) is 12.8 Å². The molecule has 3 rings (SSSR count). The number of thiophene rings is 1. The second-order valence-corrected chi connectivity index (χ2v) is 6.89. The van der Waals surface area contributed by atoms with Crippen LogP contribution in [0, 0.1) is 12.7 Å². The fourth-order valence-electron chi connectivity index (χ4n) is 3.14. The third-order valence-corrected chi connectivity index (χ3v) is 5.71. The number of carbonyl (C=O) groups is 1. The SMILES string of the molecule is Cc1c(C(=O)NC2(CN)CCCC2)sc2ccc(F)cc12. The van der Waals surface area contributed by atoms with Crippen LogP contribution < -0.4 is 11.1 Å². The van der Waals surface area contributed by atoms with Crippen LogP contribution in [0.3, 0.4) is 0 Å². The van der Waals surface area contributed by atoms with Gasteiger partial charge in [0.1, 0.15) is 5.82 Å². The average Bonchev–Trinajstić information content (AvgIpc) is 3.05. The molecular weight excluding hydrogens is 287 g/mol. The Bertz CT molecular complexity index is 689. The molecule has 1 amide bonds. The number of rotatable bonds is 3. The minimum absolute atomic E-state index is 0.0820. The molecule has 112 valence electrons. The van der Waals surface area contributed by atoms with Gasteiger partial charge in [-0.25, -0.2) is 4.39 Å². The zero-order valence-corrected chi connectivity index (χ0v) is 12.9. The predicted octanol–water partition coefficient (Wildman–Crippen LogP) is 3.35. The van der Waals surface area contributed by atoms with Crippen LogP contribution >= 0.6 is 11.3 Å². The molecular formula is C16H19FN2OS. The van der Waals surface area contributed by atoms with Gasteiger partial charge in [0, 0.05) is 11.2 Å². The summed E-state index contributed by atoms with van der Waals surface area (Å²) in [6, 6.07) is 4.65. The van der Waals surface area contributed by atoms with Crippen molar-refractivity contribution < 1.29 is 9.18 Å². The van der Waals surface area contributed by atoms with Crippen LogP contribution in [0.2, 0.25) is 0 Å². The second kappa shape index (κ2) is 5.39. The van der Waals surface area contributed by atoms with E-state index in [2.05, 4.69) is 5.32 Å². The maximum absolute atomic E-state index is 13.4. The normalized spacial score (nSPS) is 17.3. The van der Waals surface area contributed by atoms with Crippen LogP contribution in [0.4, 0.5) is 4.39 Å². The van der Waals surface area contributed by atoms with Crippen molar-refractivity contribution >= 4 is 27.3 Å². The van der Waals surface area contributed by atoms with E-state index >= 15 is 0 Å². The zero-order chi connectivity index (χ0) is 15.0. The lowest BCUT2D eigenvalue weighted by molar-refractivity contribution is 0.0907. The lowest BCUT2D eigenvalue weighted by Crippen LogP contribution is -2.51. The van der Waals surface area contributed by atoms with E-state index in [0.29, 0.717) is 11.4 Å². The molecule has 21 heavy (non-hydrogen) atoms. The highest BCUT2D eigenvalue weighted by atomic mass is 32.1. The molecule has 1 aliphatic rings. The first-order valence-corrected chi connectivity index (χ1v) is 8.07. The summed E-state index contributed by atoms with van der Waals surface area (Å²) >= 11 is 1.41. The van der Waals surface area contributed by atoms with Gasteiger partial charge in [0.25, 0.3) is 5.91 Å². The van der Waals surface area contributed by atoms with E-state index in [0.717, 1.165) is 41.3 Å². The summed E-state index contributed by atoms with van der Waals surface area (Å²) in [5.41, 5.74) is 6.45. The number of carbonyl (C=O) groups excluding carboxylic acids is 1. The van der Waals surface area contributed by atoms with E-state index in [1.54, 1.807) is 6.07 Å². The largest absolute Gasteiger partial charge is 0.345 e. The van der Waals surface area contributed by atoms with Crippen molar-refractivity contribution in [1.29, 1.82) is 0 Å². The van der Waals surface area contributed by atoms with Crippen molar-refractivity contribution in [2.24, 2.45) is 5.73 Å². The molecule has 1 saturated carbocycles.